The van der Waals surface area contributed by atoms with Crippen LogP contribution >= 0.6 is 0 Å². The summed E-state index contributed by atoms with van der Waals surface area (Å²) in [5, 5.41) is 3.32. The van der Waals surface area contributed by atoms with Crippen molar-refractivity contribution in [3.63, 3.8) is 0 Å². The first-order chi connectivity index (χ1) is 10.4. The van der Waals surface area contributed by atoms with E-state index in [9.17, 15) is 0 Å². The van der Waals surface area contributed by atoms with Crippen LogP contribution in [0.15, 0.2) is 36.9 Å². The van der Waals surface area contributed by atoms with Gasteiger partial charge in [0.25, 0.3) is 0 Å². The van der Waals surface area contributed by atoms with Gasteiger partial charge in [0.05, 0.1) is 5.69 Å². The molecule has 2 aromatic heterocycles. The van der Waals surface area contributed by atoms with E-state index in [1.165, 1.54) is 5.56 Å². The maximum Gasteiger partial charge on any atom is 0.150 e. The maximum absolute atomic E-state index is 4.61. The minimum Gasteiger partial charge on any atom is -0.354 e. The highest BCUT2D eigenvalue weighted by molar-refractivity contribution is 5.48. The molecule has 0 spiro atoms. The van der Waals surface area contributed by atoms with Crippen LogP contribution in [0.25, 0.3) is 0 Å². The van der Waals surface area contributed by atoms with E-state index in [1.54, 1.807) is 0 Å². The van der Waals surface area contributed by atoms with Crippen LogP contribution in [0.3, 0.4) is 0 Å². The van der Waals surface area contributed by atoms with E-state index in [1.807, 2.05) is 30.9 Å². The second-order valence-electron chi connectivity index (χ2n) is 5.84. The number of nitrogens with zero attached hydrogens (tertiary/aromatic N) is 4. The van der Waals surface area contributed by atoms with Gasteiger partial charge in [0.15, 0.2) is 5.82 Å². The van der Waals surface area contributed by atoms with Gasteiger partial charge in [-0.25, -0.2) is 4.98 Å². The molecule has 4 rings (SSSR count). The van der Waals surface area contributed by atoms with Crippen LogP contribution in [0.2, 0.25) is 0 Å². The maximum atomic E-state index is 4.61. The van der Waals surface area contributed by atoms with Crippen molar-refractivity contribution < 1.29 is 0 Å². The van der Waals surface area contributed by atoms with E-state index in [0.29, 0.717) is 11.8 Å². The lowest BCUT2D eigenvalue weighted by atomic mass is 9.98. The Morgan fingerprint density at radius 3 is 2.76 bits per heavy atom. The minimum absolute atomic E-state index is 0.520. The third-order valence-corrected chi connectivity index (χ3v) is 4.52. The third-order valence-electron chi connectivity index (χ3n) is 4.52. The molecule has 0 bridgehead atoms. The zero-order chi connectivity index (χ0) is 14.1. The fourth-order valence-electron chi connectivity index (χ4n) is 3.20. The first kappa shape index (κ1) is 12.7. The van der Waals surface area contributed by atoms with Crippen LogP contribution in [-0.2, 0) is 0 Å². The fourth-order valence-corrected chi connectivity index (χ4v) is 3.20. The minimum atomic E-state index is 0.520. The van der Waals surface area contributed by atoms with E-state index in [4.69, 9.17) is 0 Å². The number of pyridine rings is 1. The van der Waals surface area contributed by atoms with E-state index in [2.05, 4.69) is 31.2 Å². The Balaban J connectivity index is 1.56. The van der Waals surface area contributed by atoms with Gasteiger partial charge in [0.1, 0.15) is 0 Å². The summed E-state index contributed by atoms with van der Waals surface area (Å²) in [5.74, 6) is 2.15. The van der Waals surface area contributed by atoms with Crippen LogP contribution in [-0.4, -0.2) is 41.1 Å². The zero-order valence-electron chi connectivity index (χ0n) is 11.9. The van der Waals surface area contributed by atoms with Crippen molar-refractivity contribution in [2.75, 3.05) is 31.1 Å². The van der Waals surface area contributed by atoms with Crippen LogP contribution in [0.1, 0.15) is 29.5 Å². The number of hydrogen-bond donors (Lipinski definition) is 1. The Labute approximate surface area is 124 Å². The number of nitrogens with one attached hydrogen (secondary N) is 1. The molecule has 1 N–H and O–H groups in total. The van der Waals surface area contributed by atoms with Gasteiger partial charge in [-0.1, -0.05) is 6.07 Å². The molecule has 5 nitrogen and oxygen atoms in total. The molecule has 0 aromatic carbocycles. The molecule has 21 heavy (non-hydrogen) atoms. The number of anilines is 1. The Morgan fingerprint density at radius 1 is 1.10 bits per heavy atom. The first-order valence-electron chi connectivity index (χ1n) is 7.58. The Bertz CT molecular complexity index is 611. The van der Waals surface area contributed by atoms with E-state index in [0.717, 1.165) is 44.1 Å². The Hall–Kier alpha value is -2.01. The predicted molar refractivity (Wildman–Crippen MR) is 81.5 cm³/mol. The summed E-state index contributed by atoms with van der Waals surface area (Å²) in [5.41, 5.74) is 2.49. The SMILES string of the molecule is c1cncc(C2CCN(c3nccnc3C3CNC3)C2)c1. The average molecular weight is 281 g/mol. The summed E-state index contributed by atoms with van der Waals surface area (Å²) in [6.45, 7) is 4.10. The molecule has 108 valence electrons. The summed E-state index contributed by atoms with van der Waals surface area (Å²) in [6.07, 6.45) is 8.60. The second kappa shape index (κ2) is 5.41. The first-order valence-corrected chi connectivity index (χ1v) is 7.58. The molecule has 1 unspecified atom stereocenters. The smallest absolute Gasteiger partial charge is 0.150 e. The number of rotatable bonds is 3. The highest BCUT2D eigenvalue weighted by Gasteiger charge is 2.30. The number of aromatic nitrogens is 3. The van der Waals surface area contributed by atoms with Crippen molar-refractivity contribution >= 4 is 5.82 Å². The molecule has 4 heterocycles. The molecule has 0 radical (unpaired) electrons. The van der Waals surface area contributed by atoms with E-state index in [-0.39, 0.29) is 0 Å². The molecule has 2 saturated heterocycles. The topological polar surface area (TPSA) is 53.9 Å². The fraction of sp³-hybridized carbons (Fsp3) is 0.438. The summed E-state index contributed by atoms with van der Waals surface area (Å²) < 4.78 is 0. The van der Waals surface area contributed by atoms with Gasteiger partial charge in [-0.15, -0.1) is 0 Å². The van der Waals surface area contributed by atoms with Crippen molar-refractivity contribution in [2.45, 2.75) is 18.3 Å². The summed E-state index contributed by atoms with van der Waals surface area (Å²) >= 11 is 0. The van der Waals surface area contributed by atoms with Crippen molar-refractivity contribution in [2.24, 2.45) is 0 Å². The normalized spacial score (nSPS) is 22.3. The molecule has 1 atom stereocenters. The van der Waals surface area contributed by atoms with Crippen LogP contribution in [0.4, 0.5) is 5.82 Å². The molecule has 0 amide bonds. The molecular weight excluding hydrogens is 262 g/mol. The summed E-state index contributed by atoms with van der Waals surface area (Å²) in [7, 11) is 0. The third kappa shape index (κ3) is 2.38. The lowest BCUT2D eigenvalue weighted by molar-refractivity contribution is 0.438. The van der Waals surface area contributed by atoms with Crippen molar-refractivity contribution in [3.05, 3.63) is 48.2 Å². The highest BCUT2D eigenvalue weighted by atomic mass is 15.2. The Morgan fingerprint density at radius 2 is 2.00 bits per heavy atom. The van der Waals surface area contributed by atoms with Gasteiger partial charge in [-0.05, 0) is 18.1 Å². The Kier molecular flexibility index (Phi) is 3.27. The number of hydrogen-bond acceptors (Lipinski definition) is 5. The average Bonchev–Trinajstić information content (AvgIpc) is 2.97. The summed E-state index contributed by atoms with van der Waals surface area (Å²) in [6, 6.07) is 4.19. The van der Waals surface area contributed by atoms with E-state index >= 15 is 0 Å². The molecular formula is C16H19N5. The van der Waals surface area contributed by atoms with Crippen LogP contribution in [0.5, 0.6) is 0 Å². The summed E-state index contributed by atoms with van der Waals surface area (Å²) in [4.78, 5) is 15.8. The molecule has 2 aromatic rings. The molecule has 2 aliphatic rings. The van der Waals surface area contributed by atoms with Crippen LogP contribution < -0.4 is 10.2 Å². The molecule has 5 heteroatoms. The monoisotopic (exact) mass is 281 g/mol. The van der Waals surface area contributed by atoms with Crippen molar-refractivity contribution in [1.82, 2.24) is 20.3 Å². The van der Waals surface area contributed by atoms with Crippen LogP contribution in [0, 0.1) is 0 Å². The van der Waals surface area contributed by atoms with Gasteiger partial charge < -0.3 is 10.2 Å². The van der Waals surface area contributed by atoms with Crippen molar-refractivity contribution in [3.8, 4) is 0 Å². The zero-order valence-corrected chi connectivity index (χ0v) is 11.9. The predicted octanol–water partition coefficient (Wildman–Crippen LogP) is 1.55. The van der Waals surface area contributed by atoms with Crippen molar-refractivity contribution in [1.29, 1.82) is 0 Å². The van der Waals surface area contributed by atoms with Gasteiger partial charge in [-0.2, -0.15) is 0 Å². The quantitative estimate of drug-likeness (QED) is 0.925. The van der Waals surface area contributed by atoms with Gasteiger partial charge >= 0.3 is 0 Å². The van der Waals surface area contributed by atoms with E-state index < -0.39 is 0 Å². The lowest BCUT2D eigenvalue weighted by Crippen LogP contribution is -2.41. The highest BCUT2D eigenvalue weighted by Crippen LogP contribution is 2.33. The largest absolute Gasteiger partial charge is 0.354 e. The molecule has 0 saturated carbocycles. The standard InChI is InChI=1S/C16H19N5/c1-2-12(8-17-4-1)13-3-7-21(11-13)16-15(14-9-18-10-14)19-5-6-20-16/h1-2,4-6,8,13-14,18H,3,7,9-11H2. The van der Waals surface area contributed by atoms with Gasteiger partial charge in [0.2, 0.25) is 0 Å². The van der Waals surface area contributed by atoms with Gasteiger partial charge in [-0.3, -0.25) is 9.97 Å². The lowest BCUT2D eigenvalue weighted by Gasteiger charge is -2.30. The molecule has 2 fully saturated rings. The van der Waals surface area contributed by atoms with Gasteiger partial charge in [0, 0.05) is 62.8 Å². The molecule has 2 aliphatic heterocycles. The second-order valence-corrected chi connectivity index (χ2v) is 5.84. The molecule has 0 aliphatic carbocycles.